The Bertz CT molecular complexity index is 18.5. The van der Waals surface area contributed by atoms with Crippen LogP contribution in [0.25, 0.3) is 0 Å². The third-order valence-electron chi connectivity index (χ3n) is 0.957. The van der Waals surface area contributed by atoms with E-state index in [-0.39, 0.29) is 42.1 Å². The molecular weight excluding hydrogens is 264 g/mol. The summed E-state index contributed by atoms with van der Waals surface area (Å²) in [5, 5.41) is 0. The molecule has 0 rings (SSSR count). The minimum absolute atomic E-state index is 0. The summed E-state index contributed by atoms with van der Waals surface area (Å²) >= 11 is 0. The molecule has 2 heteroatoms. The van der Waals surface area contributed by atoms with Crippen LogP contribution in [0.1, 0.15) is 39.5 Å². The van der Waals surface area contributed by atoms with Crippen LogP contribution in [0.4, 0.5) is 0 Å². The first kappa shape index (κ1) is 16.2. The van der Waals surface area contributed by atoms with Crippen LogP contribution in [-0.2, 0) is 42.1 Å². The van der Waals surface area contributed by atoms with Gasteiger partial charge in [-0.2, -0.15) is 0 Å². The molecule has 2 radical (unpaired) electrons. The molecule has 0 N–H and O–H groups in total. The average molecular weight is 278 g/mol. The molecule has 0 bridgehead atoms. The Morgan fingerprint density at radius 2 is 1.00 bits per heavy atom. The third-order valence-corrected chi connectivity index (χ3v) is 0.957. The van der Waals surface area contributed by atoms with Crippen LogP contribution in [-0.4, -0.2) is 0 Å². The van der Waals surface area contributed by atoms with E-state index >= 15 is 0 Å². The molecule has 0 aliphatic carbocycles. The molecule has 8 heavy (non-hydrogen) atoms. The van der Waals surface area contributed by atoms with Crippen molar-refractivity contribution in [2.45, 2.75) is 39.5 Å². The van der Waals surface area contributed by atoms with Crippen molar-refractivity contribution in [1.29, 1.82) is 0 Å². The quantitative estimate of drug-likeness (QED) is 0.550. The van der Waals surface area contributed by atoms with Crippen LogP contribution in [0.3, 0.4) is 0 Å². The van der Waals surface area contributed by atoms with Gasteiger partial charge in [-0.05, 0) is 0 Å². The van der Waals surface area contributed by atoms with Gasteiger partial charge in [-0.25, -0.2) is 0 Å². The van der Waals surface area contributed by atoms with Gasteiger partial charge in [-0.15, -0.1) is 0 Å². The van der Waals surface area contributed by atoms with Crippen molar-refractivity contribution in [3.63, 3.8) is 0 Å². The van der Waals surface area contributed by atoms with E-state index in [4.69, 9.17) is 0 Å². The van der Waals surface area contributed by atoms with E-state index in [1.165, 1.54) is 25.7 Å². The van der Waals surface area contributed by atoms with Gasteiger partial charge in [-0.1, -0.05) is 39.5 Å². The van der Waals surface area contributed by atoms with E-state index in [0.717, 1.165) is 0 Å². The monoisotopic (exact) mass is 282 g/mol. The van der Waals surface area contributed by atoms with Crippen LogP contribution in [0.5, 0.6) is 0 Å². The molecule has 0 aromatic heterocycles. The summed E-state index contributed by atoms with van der Waals surface area (Å²) < 4.78 is 0. The average Bonchev–Trinajstić information content (AvgIpc) is 1.61. The maximum absolute atomic E-state index is 2.23. The molecule has 0 saturated carbocycles. The standard InChI is InChI=1S/C6H14.2Mo/c1-3-5-6-4-2;;/h3-6H2,1-2H3;;/q;2*+3. The molecule has 0 aromatic carbocycles. The van der Waals surface area contributed by atoms with Gasteiger partial charge in [0.2, 0.25) is 0 Å². The van der Waals surface area contributed by atoms with E-state index < -0.39 is 0 Å². The van der Waals surface area contributed by atoms with Gasteiger partial charge in [0.15, 0.2) is 0 Å². The molecule has 0 nitrogen and oxygen atoms in total. The zero-order chi connectivity index (χ0) is 4.83. The van der Waals surface area contributed by atoms with Crippen molar-refractivity contribution in [1.82, 2.24) is 0 Å². The number of rotatable bonds is 3. The number of hydrogen-bond acceptors (Lipinski definition) is 0. The van der Waals surface area contributed by atoms with Crippen molar-refractivity contribution in [3.8, 4) is 0 Å². The van der Waals surface area contributed by atoms with Crippen molar-refractivity contribution in [2.24, 2.45) is 0 Å². The van der Waals surface area contributed by atoms with E-state index in [2.05, 4.69) is 13.8 Å². The van der Waals surface area contributed by atoms with Gasteiger partial charge in [0, 0.05) is 0 Å². The van der Waals surface area contributed by atoms with Crippen LogP contribution < -0.4 is 0 Å². The fraction of sp³-hybridized carbons (Fsp3) is 1.00. The molecule has 0 amide bonds. The molecule has 0 saturated heterocycles. The topological polar surface area (TPSA) is 0 Å². The number of unbranched alkanes of at least 4 members (excludes halogenated alkanes) is 3. The van der Waals surface area contributed by atoms with Crippen LogP contribution in [0, 0.1) is 0 Å². The SMILES string of the molecule is CCCCCC.[Mo+3].[Mo+3]. The molecule has 0 aromatic rings. The first-order chi connectivity index (χ1) is 2.91. The van der Waals surface area contributed by atoms with Gasteiger partial charge in [0.25, 0.3) is 0 Å². The Morgan fingerprint density at radius 3 is 1.12 bits per heavy atom. The smallest absolute Gasteiger partial charge is 0.0654 e. The van der Waals surface area contributed by atoms with Crippen LogP contribution >= 0.6 is 0 Å². The first-order valence-electron chi connectivity index (χ1n) is 2.91. The summed E-state index contributed by atoms with van der Waals surface area (Å²) in [5.74, 6) is 0. The van der Waals surface area contributed by atoms with E-state index in [9.17, 15) is 0 Å². The maximum atomic E-state index is 2.23. The fourth-order valence-corrected chi connectivity index (χ4v) is 0.500. The molecule has 0 unspecified atom stereocenters. The third kappa shape index (κ3) is 15.7. The normalized spacial score (nSPS) is 6.75. The van der Waals surface area contributed by atoms with Crippen molar-refractivity contribution >= 4 is 0 Å². The zero-order valence-electron chi connectivity index (χ0n) is 5.64. The summed E-state index contributed by atoms with van der Waals surface area (Å²) in [4.78, 5) is 0. The van der Waals surface area contributed by atoms with Crippen molar-refractivity contribution < 1.29 is 42.1 Å². The molecule has 0 fully saturated rings. The summed E-state index contributed by atoms with van der Waals surface area (Å²) in [6, 6.07) is 0. The molecule has 0 aliphatic rings. The Balaban J connectivity index is -0.000000125. The van der Waals surface area contributed by atoms with Crippen LogP contribution in [0.15, 0.2) is 0 Å². The van der Waals surface area contributed by atoms with Gasteiger partial charge >= 0.3 is 42.1 Å². The van der Waals surface area contributed by atoms with E-state index in [1.54, 1.807) is 0 Å². The minimum atomic E-state index is 0. The Labute approximate surface area is 81.3 Å². The summed E-state index contributed by atoms with van der Waals surface area (Å²) in [5.41, 5.74) is 0. The second-order valence-electron chi connectivity index (χ2n) is 1.71. The van der Waals surface area contributed by atoms with Gasteiger partial charge in [0.1, 0.15) is 0 Å². The molecule has 0 spiro atoms. The summed E-state index contributed by atoms with van der Waals surface area (Å²) in [6.07, 6.45) is 5.54. The number of hydrogen-bond donors (Lipinski definition) is 0. The van der Waals surface area contributed by atoms with Crippen molar-refractivity contribution in [2.75, 3.05) is 0 Å². The van der Waals surface area contributed by atoms with Gasteiger partial charge in [-0.3, -0.25) is 0 Å². The zero-order valence-corrected chi connectivity index (χ0v) is 9.66. The van der Waals surface area contributed by atoms with E-state index in [1.807, 2.05) is 0 Å². The molecular formula is C6H14Mo2+6. The van der Waals surface area contributed by atoms with Gasteiger partial charge < -0.3 is 0 Å². The predicted molar refractivity (Wildman–Crippen MR) is 29.8 cm³/mol. The molecule has 0 atom stereocenters. The Kier molecular flexibility index (Phi) is 31.9. The Hall–Kier alpha value is 1.38. The molecule has 44 valence electrons. The maximum Gasteiger partial charge on any atom is 3.00 e. The van der Waals surface area contributed by atoms with E-state index in [0.29, 0.717) is 0 Å². The Morgan fingerprint density at radius 1 is 0.750 bits per heavy atom. The largest absolute Gasteiger partial charge is 3.00 e. The van der Waals surface area contributed by atoms with Gasteiger partial charge in [0.05, 0.1) is 0 Å². The molecule has 0 heterocycles. The second-order valence-corrected chi connectivity index (χ2v) is 1.71. The fourth-order valence-electron chi connectivity index (χ4n) is 0.500. The summed E-state index contributed by atoms with van der Waals surface area (Å²) in [7, 11) is 0. The summed E-state index contributed by atoms with van der Waals surface area (Å²) in [6.45, 7) is 4.46. The second kappa shape index (κ2) is 15.8. The van der Waals surface area contributed by atoms with Crippen molar-refractivity contribution in [3.05, 3.63) is 0 Å². The van der Waals surface area contributed by atoms with Crippen LogP contribution in [0.2, 0.25) is 0 Å². The predicted octanol–water partition coefficient (Wildman–Crippen LogP) is 2.58. The minimum Gasteiger partial charge on any atom is -0.0654 e. The molecule has 0 aliphatic heterocycles. The first-order valence-corrected chi connectivity index (χ1v) is 2.91.